The minimum absolute atomic E-state index is 0.0447. The van der Waals surface area contributed by atoms with Crippen LogP contribution in [0.3, 0.4) is 0 Å². The summed E-state index contributed by atoms with van der Waals surface area (Å²) >= 11 is 6.05. The summed E-state index contributed by atoms with van der Waals surface area (Å²) in [5.41, 5.74) is 0.524. The highest BCUT2D eigenvalue weighted by atomic mass is 35.5. The summed E-state index contributed by atoms with van der Waals surface area (Å²) in [5, 5.41) is 2.85. The van der Waals surface area contributed by atoms with E-state index in [-0.39, 0.29) is 23.6 Å². The van der Waals surface area contributed by atoms with Crippen LogP contribution in [0.1, 0.15) is 16.8 Å². The molecule has 2 heterocycles. The molecule has 1 aromatic carbocycles. The molecule has 3 rings (SSSR count). The molecule has 1 saturated heterocycles. The molecule has 9 heteroatoms. The number of fused-ring (bicyclic) bond motifs is 2. The average Bonchev–Trinajstić information content (AvgIpc) is 2.76. The van der Waals surface area contributed by atoms with E-state index >= 15 is 0 Å². The van der Waals surface area contributed by atoms with Crippen molar-refractivity contribution in [2.45, 2.75) is 12.5 Å². The highest BCUT2D eigenvalue weighted by molar-refractivity contribution is 7.85. The van der Waals surface area contributed by atoms with E-state index in [9.17, 15) is 22.6 Å². The van der Waals surface area contributed by atoms with Crippen LogP contribution in [0.5, 0.6) is 0 Å². The number of benzene rings is 1. The Kier molecular flexibility index (Phi) is 3.62. The molecule has 0 aliphatic carbocycles. The average molecular weight is 344 g/mol. The standard InChI is InChI=1S/C13H13ClN2O5S/c14-8-2-1-3-9-11(8)13(18)16-5-7(6-22(19,20)21)4-10(16)12(17)15-9/h1-3,7,10H,4-6H2,(H,15,17)(H,19,20,21)/p-1/t7-,10+/m1/s1. The molecule has 2 aliphatic heterocycles. The number of hydrogen-bond donors (Lipinski definition) is 1. The third-order valence-electron chi connectivity index (χ3n) is 3.88. The lowest BCUT2D eigenvalue weighted by Gasteiger charge is -2.20. The van der Waals surface area contributed by atoms with Crippen molar-refractivity contribution >= 4 is 39.2 Å². The highest BCUT2D eigenvalue weighted by Crippen LogP contribution is 2.34. The molecule has 22 heavy (non-hydrogen) atoms. The maximum absolute atomic E-state index is 12.6. The normalized spacial score (nSPS) is 24.5. The maximum atomic E-state index is 12.6. The van der Waals surface area contributed by atoms with Crippen molar-refractivity contribution in [3.05, 3.63) is 28.8 Å². The van der Waals surface area contributed by atoms with Crippen LogP contribution in [-0.2, 0) is 14.9 Å². The SMILES string of the molecule is O=C1Nc2cccc(Cl)c2C(=O)N2C[C@H](CS(=O)(=O)[O-])C[C@@H]12. The van der Waals surface area contributed by atoms with Crippen LogP contribution in [0.2, 0.25) is 5.02 Å². The summed E-state index contributed by atoms with van der Waals surface area (Å²) in [6.07, 6.45) is 0.144. The van der Waals surface area contributed by atoms with Crippen LogP contribution >= 0.6 is 11.6 Å². The summed E-state index contributed by atoms with van der Waals surface area (Å²) in [5.74, 6) is -1.98. The van der Waals surface area contributed by atoms with E-state index in [1.54, 1.807) is 18.2 Å². The van der Waals surface area contributed by atoms with Crippen molar-refractivity contribution in [2.24, 2.45) is 5.92 Å². The summed E-state index contributed by atoms with van der Waals surface area (Å²) in [4.78, 5) is 26.2. The van der Waals surface area contributed by atoms with Crippen molar-refractivity contribution in [3.8, 4) is 0 Å². The first kappa shape index (κ1) is 15.3. The van der Waals surface area contributed by atoms with Gasteiger partial charge in [-0.15, -0.1) is 0 Å². The fourth-order valence-electron chi connectivity index (χ4n) is 3.01. The molecule has 0 spiro atoms. The molecule has 1 aromatic rings. The third-order valence-corrected chi connectivity index (χ3v) is 5.07. The summed E-state index contributed by atoms with van der Waals surface area (Å²) < 4.78 is 32.7. The fourth-order valence-corrected chi connectivity index (χ4v) is 4.08. The van der Waals surface area contributed by atoms with E-state index in [1.807, 2.05) is 0 Å². The number of carbonyl (C=O) groups is 2. The van der Waals surface area contributed by atoms with E-state index < -0.39 is 39.6 Å². The second-order valence-corrected chi connectivity index (χ2v) is 7.31. The predicted octanol–water partition coefficient (Wildman–Crippen LogP) is 0.668. The zero-order chi connectivity index (χ0) is 16.1. The number of carbonyl (C=O) groups excluding carboxylic acids is 2. The van der Waals surface area contributed by atoms with Gasteiger partial charge in [-0.05, 0) is 24.5 Å². The Morgan fingerprint density at radius 3 is 2.77 bits per heavy atom. The Hall–Kier alpha value is -1.64. The van der Waals surface area contributed by atoms with Gasteiger partial charge in [-0.2, -0.15) is 0 Å². The molecule has 0 aromatic heterocycles. The smallest absolute Gasteiger partial charge is 0.258 e. The Bertz CT molecular complexity index is 764. The number of nitrogens with one attached hydrogen (secondary N) is 1. The Balaban J connectivity index is 1.96. The quantitative estimate of drug-likeness (QED) is 0.794. The van der Waals surface area contributed by atoms with Gasteiger partial charge >= 0.3 is 0 Å². The zero-order valence-electron chi connectivity index (χ0n) is 11.3. The summed E-state index contributed by atoms with van der Waals surface area (Å²) in [6.45, 7) is 0.0447. The minimum Gasteiger partial charge on any atom is -0.748 e. The monoisotopic (exact) mass is 343 g/mol. The van der Waals surface area contributed by atoms with Crippen LogP contribution in [0.4, 0.5) is 5.69 Å². The zero-order valence-corrected chi connectivity index (χ0v) is 12.9. The Morgan fingerprint density at radius 1 is 1.36 bits per heavy atom. The number of rotatable bonds is 2. The molecule has 1 N–H and O–H groups in total. The van der Waals surface area contributed by atoms with Gasteiger partial charge in [0.2, 0.25) is 5.91 Å². The van der Waals surface area contributed by atoms with E-state index in [0.717, 1.165) is 0 Å². The van der Waals surface area contributed by atoms with Crippen LogP contribution < -0.4 is 5.32 Å². The molecule has 1 fully saturated rings. The molecule has 2 aliphatic rings. The van der Waals surface area contributed by atoms with Crippen LogP contribution in [0.25, 0.3) is 0 Å². The van der Waals surface area contributed by atoms with E-state index in [1.165, 1.54) is 4.90 Å². The van der Waals surface area contributed by atoms with Gasteiger partial charge in [-0.1, -0.05) is 17.7 Å². The molecule has 7 nitrogen and oxygen atoms in total. The lowest BCUT2D eigenvalue weighted by molar-refractivity contribution is -0.119. The lowest BCUT2D eigenvalue weighted by Crippen LogP contribution is -2.40. The van der Waals surface area contributed by atoms with E-state index in [4.69, 9.17) is 11.6 Å². The number of halogens is 1. The summed E-state index contributed by atoms with van der Waals surface area (Å²) in [7, 11) is -4.41. The number of hydrogen-bond acceptors (Lipinski definition) is 5. The molecule has 0 bridgehead atoms. The molecule has 0 radical (unpaired) electrons. The van der Waals surface area contributed by atoms with Gasteiger partial charge in [0.15, 0.2) is 0 Å². The van der Waals surface area contributed by atoms with Crippen molar-refractivity contribution < 1.29 is 22.6 Å². The van der Waals surface area contributed by atoms with Crippen molar-refractivity contribution in [1.29, 1.82) is 0 Å². The van der Waals surface area contributed by atoms with E-state index in [0.29, 0.717) is 5.69 Å². The van der Waals surface area contributed by atoms with Crippen molar-refractivity contribution in [1.82, 2.24) is 4.90 Å². The van der Waals surface area contributed by atoms with Gasteiger partial charge in [0.1, 0.15) is 6.04 Å². The predicted molar refractivity (Wildman–Crippen MR) is 77.6 cm³/mol. The first-order valence-corrected chi connectivity index (χ1v) is 8.55. The molecule has 2 amide bonds. The molecular formula is C13H12ClN2O5S-. The summed E-state index contributed by atoms with van der Waals surface area (Å²) in [6, 6.07) is 3.96. The molecule has 0 saturated carbocycles. The van der Waals surface area contributed by atoms with Gasteiger partial charge in [0.25, 0.3) is 5.91 Å². The number of anilines is 1. The van der Waals surface area contributed by atoms with Crippen molar-refractivity contribution in [3.63, 3.8) is 0 Å². The molecule has 2 atom stereocenters. The largest absolute Gasteiger partial charge is 0.748 e. The molecule has 118 valence electrons. The number of amides is 2. The van der Waals surface area contributed by atoms with Crippen LogP contribution in [0.15, 0.2) is 18.2 Å². The maximum Gasteiger partial charge on any atom is 0.258 e. The van der Waals surface area contributed by atoms with Crippen LogP contribution in [-0.4, -0.2) is 48.0 Å². The lowest BCUT2D eigenvalue weighted by atomic mass is 10.1. The van der Waals surface area contributed by atoms with Gasteiger partial charge in [0, 0.05) is 12.3 Å². The molecule has 0 unspecified atom stereocenters. The second-order valence-electron chi connectivity index (χ2n) is 5.45. The first-order valence-electron chi connectivity index (χ1n) is 6.60. The first-order chi connectivity index (χ1) is 10.3. The Labute approximate surface area is 132 Å². The van der Waals surface area contributed by atoms with Crippen molar-refractivity contribution in [2.75, 3.05) is 17.6 Å². The molecular weight excluding hydrogens is 332 g/mol. The van der Waals surface area contributed by atoms with Gasteiger partial charge in [-0.25, -0.2) is 8.42 Å². The van der Waals surface area contributed by atoms with Gasteiger partial charge < -0.3 is 14.8 Å². The third kappa shape index (κ3) is 2.69. The Morgan fingerprint density at radius 2 is 2.09 bits per heavy atom. The van der Waals surface area contributed by atoms with Crippen LogP contribution in [0, 0.1) is 5.92 Å². The number of nitrogens with zero attached hydrogens (tertiary/aromatic N) is 1. The minimum atomic E-state index is -4.41. The van der Waals surface area contributed by atoms with Gasteiger partial charge in [0.05, 0.1) is 26.4 Å². The highest BCUT2D eigenvalue weighted by Gasteiger charge is 2.43. The fraction of sp³-hybridized carbons (Fsp3) is 0.385. The van der Waals surface area contributed by atoms with Gasteiger partial charge in [-0.3, -0.25) is 9.59 Å². The van der Waals surface area contributed by atoms with E-state index in [2.05, 4.69) is 5.32 Å². The topological polar surface area (TPSA) is 107 Å². The second kappa shape index (κ2) is 5.22.